The van der Waals surface area contributed by atoms with Gasteiger partial charge in [0.05, 0.1) is 0 Å². The molecule has 0 unspecified atom stereocenters. The zero-order valence-corrected chi connectivity index (χ0v) is 17.3. The van der Waals surface area contributed by atoms with Crippen LogP contribution in [0.15, 0.2) is 72.4 Å². The molecule has 2 amide bonds. The summed E-state index contributed by atoms with van der Waals surface area (Å²) < 4.78 is 10.7. The summed E-state index contributed by atoms with van der Waals surface area (Å²) in [5.41, 5.74) is 4.02. The van der Waals surface area contributed by atoms with Gasteiger partial charge in [-0.1, -0.05) is 30.3 Å². The molecule has 0 radical (unpaired) electrons. The molecule has 3 aromatic rings. The number of rotatable bonds is 5. The van der Waals surface area contributed by atoms with Gasteiger partial charge < -0.3 is 20.1 Å². The smallest absolute Gasteiger partial charge is 0.272 e. The third kappa shape index (κ3) is 4.75. The Morgan fingerprint density at radius 2 is 1.65 bits per heavy atom. The Kier molecular flexibility index (Phi) is 5.71. The zero-order chi connectivity index (χ0) is 21.8. The number of para-hydroxylation sites is 1. The Balaban J connectivity index is 1.63. The first-order valence-corrected chi connectivity index (χ1v) is 9.86. The van der Waals surface area contributed by atoms with Crippen LogP contribution in [0.25, 0.3) is 6.08 Å². The first-order valence-electron chi connectivity index (χ1n) is 9.86. The molecule has 1 aliphatic heterocycles. The van der Waals surface area contributed by atoms with Gasteiger partial charge in [-0.2, -0.15) is 0 Å². The molecule has 0 spiro atoms. The highest BCUT2D eigenvalue weighted by Crippen LogP contribution is 2.33. The summed E-state index contributed by atoms with van der Waals surface area (Å²) in [5, 5.41) is 5.57. The maximum atomic E-state index is 13.0. The van der Waals surface area contributed by atoms with Crippen LogP contribution in [0.1, 0.15) is 27.0 Å². The second-order valence-corrected chi connectivity index (χ2v) is 7.24. The number of nitrogens with one attached hydrogen (secondary N) is 2. The number of hydrogen-bond donors (Lipinski definition) is 2. The van der Waals surface area contributed by atoms with Gasteiger partial charge in [-0.05, 0) is 73.0 Å². The molecule has 1 aliphatic rings. The lowest BCUT2D eigenvalue weighted by Gasteiger charge is -2.12. The minimum Gasteiger partial charge on any atom is -0.454 e. The number of fused-ring (bicyclic) bond motifs is 1. The predicted octanol–water partition coefficient (Wildman–Crippen LogP) is 4.44. The Morgan fingerprint density at radius 3 is 2.42 bits per heavy atom. The van der Waals surface area contributed by atoms with E-state index in [4.69, 9.17) is 9.47 Å². The average Bonchev–Trinajstić information content (AvgIpc) is 3.23. The van der Waals surface area contributed by atoms with Gasteiger partial charge in [0.15, 0.2) is 11.5 Å². The summed E-state index contributed by atoms with van der Waals surface area (Å²) in [4.78, 5) is 25.9. The van der Waals surface area contributed by atoms with Crippen molar-refractivity contribution in [3.8, 4) is 11.5 Å². The molecular formula is C25H22N2O4. The highest BCUT2D eigenvalue weighted by atomic mass is 16.7. The SMILES string of the molecule is Cc1ccc(C(=O)N/C(=C/c2ccc3c(c2)OCO3)C(=O)Nc2ccccc2)cc1C. The number of hydrogen-bond acceptors (Lipinski definition) is 4. The van der Waals surface area contributed by atoms with E-state index in [0.29, 0.717) is 28.3 Å². The van der Waals surface area contributed by atoms with Crippen molar-refractivity contribution < 1.29 is 19.1 Å². The van der Waals surface area contributed by atoms with Crippen molar-refractivity contribution >= 4 is 23.6 Å². The number of carbonyl (C=O) groups excluding carboxylic acids is 2. The Morgan fingerprint density at radius 1 is 0.871 bits per heavy atom. The number of ether oxygens (including phenoxy) is 2. The molecular weight excluding hydrogens is 392 g/mol. The molecule has 0 aromatic heterocycles. The quantitative estimate of drug-likeness (QED) is 0.605. The molecule has 0 bridgehead atoms. The van der Waals surface area contributed by atoms with Gasteiger partial charge in [0, 0.05) is 11.3 Å². The highest BCUT2D eigenvalue weighted by Gasteiger charge is 2.17. The van der Waals surface area contributed by atoms with Crippen molar-refractivity contribution in [2.24, 2.45) is 0 Å². The van der Waals surface area contributed by atoms with Gasteiger partial charge >= 0.3 is 0 Å². The summed E-state index contributed by atoms with van der Waals surface area (Å²) in [6.07, 6.45) is 1.61. The number of anilines is 1. The van der Waals surface area contributed by atoms with Crippen molar-refractivity contribution in [2.75, 3.05) is 12.1 Å². The highest BCUT2D eigenvalue weighted by molar-refractivity contribution is 6.10. The van der Waals surface area contributed by atoms with E-state index in [2.05, 4.69) is 10.6 Å². The van der Waals surface area contributed by atoms with Crippen LogP contribution in [0.4, 0.5) is 5.69 Å². The van der Waals surface area contributed by atoms with Gasteiger partial charge in [-0.15, -0.1) is 0 Å². The van der Waals surface area contributed by atoms with Crippen LogP contribution in [-0.2, 0) is 4.79 Å². The zero-order valence-electron chi connectivity index (χ0n) is 17.3. The maximum Gasteiger partial charge on any atom is 0.272 e. The molecule has 31 heavy (non-hydrogen) atoms. The van der Waals surface area contributed by atoms with Crippen LogP contribution in [-0.4, -0.2) is 18.6 Å². The molecule has 0 atom stereocenters. The van der Waals surface area contributed by atoms with Gasteiger partial charge in [-0.3, -0.25) is 9.59 Å². The van der Waals surface area contributed by atoms with Crippen molar-refractivity contribution in [3.63, 3.8) is 0 Å². The molecule has 1 heterocycles. The van der Waals surface area contributed by atoms with Crippen molar-refractivity contribution in [1.29, 1.82) is 0 Å². The van der Waals surface area contributed by atoms with Crippen molar-refractivity contribution in [2.45, 2.75) is 13.8 Å². The van der Waals surface area contributed by atoms with E-state index in [9.17, 15) is 9.59 Å². The largest absolute Gasteiger partial charge is 0.454 e. The third-order valence-electron chi connectivity index (χ3n) is 5.00. The van der Waals surface area contributed by atoms with E-state index in [-0.39, 0.29) is 18.4 Å². The van der Waals surface area contributed by atoms with Gasteiger partial charge in [0.1, 0.15) is 5.70 Å². The molecule has 6 heteroatoms. The number of amides is 2. The lowest BCUT2D eigenvalue weighted by molar-refractivity contribution is -0.113. The Bertz CT molecular complexity index is 1170. The van der Waals surface area contributed by atoms with Crippen LogP contribution in [0, 0.1) is 13.8 Å². The van der Waals surface area contributed by atoms with Crippen molar-refractivity contribution in [1.82, 2.24) is 5.32 Å². The minimum atomic E-state index is -0.430. The van der Waals surface area contributed by atoms with Crippen LogP contribution in [0.3, 0.4) is 0 Å². The average molecular weight is 414 g/mol. The van der Waals surface area contributed by atoms with E-state index in [0.717, 1.165) is 11.1 Å². The van der Waals surface area contributed by atoms with Gasteiger partial charge in [-0.25, -0.2) is 0 Å². The van der Waals surface area contributed by atoms with E-state index in [1.807, 2.05) is 38.1 Å². The topological polar surface area (TPSA) is 76.7 Å². The fraction of sp³-hybridized carbons (Fsp3) is 0.120. The number of aryl methyl sites for hydroxylation is 2. The number of benzene rings is 3. The number of carbonyl (C=O) groups is 2. The van der Waals surface area contributed by atoms with Gasteiger partial charge in [0.2, 0.25) is 6.79 Å². The summed E-state index contributed by atoms with van der Waals surface area (Å²) in [7, 11) is 0. The molecule has 0 saturated carbocycles. The monoisotopic (exact) mass is 414 g/mol. The Labute approximate surface area is 180 Å². The van der Waals surface area contributed by atoms with E-state index < -0.39 is 5.91 Å². The Hall–Kier alpha value is -4.06. The second kappa shape index (κ2) is 8.75. The molecule has 4 rings (SSSR count). The molecule has 0 aliphatic carbocycles. The van der Waals surface area contributed by atoms with Crippen LogP contribution >= 0.6 is 0 Å². The van der Waals surface area contributed by atoms with E-state index in [1.165, 1.54) is 0 Å². The normalized spacial score (nSPS) is 12.4. The van der Waals surface area contributed by atoms with Crippen molar-refractivity contribution in [3.05, 3.63) is 94.7 Å². The molecule has 6 nitrogen and oxygen atoms in total. The molecule has 2 N–H and O–H groups in total. The maximum absolute atomic E-state index is 13.0. The van der Waals surface area contributed by atoms with Gasteiger partial charge in [0.25, 0.3) is 11.8 Å². The molecule has 156 valence electrons. The molecule has 0 saturated heterocycles. The summed E-state index contributed by atoms with van der Waals surface area (Å²) in [6.45, 7) is 4.08. The second-order valence-electron chi connectivity index (χ2n) is 7.24. The summed E-state index contributed by atoms with van der Waals surface area (Å²) in [6, 6.07) is 19.8. The predicted molar refractivity (Wildman–Crippen MR) is 119 cm³/mol. The standard InChI is InChI=1S/C25H22N2O4/c1-16-8-10-19(12-17(16)2)24(28)27-21(25(29)26-20-6-4-3-5-7-20)13-18-9-11-22-23(14-18)31-15-30-22/h3-14H,15H2,1-2H3,(H,26,29)(H,27,28)/b21-13+. The van der Waals surface area contributed by atoms with E-state index >= 15 is 0 Å². The lowest BCUT2D eigenvalue weighted by atomic mass is 10.1. The van der Waals surface area contributed by atoms with E-state index in [1.54, 1.807) is 48.5 Å². The molecule has 3 aromatic carbocycles. The first kappa shape index (κ1) is 20.2. The third-order valence-corrected chi connectivity index (χ3v) is 5.00. The van der Waals surface area contributed by atoms with Crippen LogP contribution < -0.4 is 20.1 Å². The minimum absolute atomic E-state index is 0.117. The molecule has 0 fully saturated rings. The fourth-order valence-corrected chi connectivity index (χ4v) is 3.13. The summed E-state index contributed by atoms with van der Waals surface area (Å²) in [5.74, 6) is 0.447. The summed E-state index contributed by atoms with van der Waals surface area (Å²) >= 11 is 0. The first-order chi connectivity index (χ1) is 15.0. The van der Waals surface area contributed by atoms with Crippen LogP contribution in [0.2, 0.25) is 0 Å². The lowest BCUT2D eigenvalue weighted by Crippen LogP contribution is -2.30. The fourth-order valence-electron chi connectivity index (χ4n) is 3.13. The van der Waals surface area contributed by atoms with Crippen LogP contribution in [0.5, 0.6) is 11.5 Å².